The Hall–Kier alpha value is -3.35. The molecule has 0 aromatic heterocycles. The van der Waals surface area contributed by atoms with E-state index in [0.29, 0.717) is 17.5 Å². The highest BCUT2D eigenvalue weighted by Crippen LogP contribution is 2.50. The number of fused-ring (bicyclic) bond motifs is 3. The third kappa shape index (κ3) is 3.13. The van der Waals surface area contributed by atoms with Crippen LogP contribution < -0.4 is 5.73 Å². The minimum Gasteiger partial charge on any atom is -0.507 e. The van der Waals surface area contributed by atoms with Crippen LogP contribution in [0.25, 0.3) is 0 Å². The van der Waals surface area contributed by atoms with Gasteiger partial charge in [-0.05, 0) is 50.6 Å². The molecule has 0 heterocycles. The van der Waals surface area contributed by atoms with Crippen molar-refractivity contribution in [3.63, 3.8) is 0 Å². The second kappa shape index (κ2) is 8.15. The highest BCUT2D eigenvalue weighted by molar-refractivity contribution is 6.32. The SMILES string of the molecule is CCC#Cc1ccc(O)c2c1C[C@@H]1C[C@H]3[C@@H](N(C)C)C(=O)C(C(N)=O)C(=O)[C@@]3(O)C(=O)C1C2=O. The molecular formula is C25H26N2O7. The van der Waals surface area contributed by atoms with Crippen LogP contribution in [-0.2, 0) is 25.6 Å². The highest BCUT2D eigenvalue weighted by atomic mass is 16.3. The number of carbonyl (C=O) groups excluding carboxylic acids is 5. The van der Waals surface area contributed by atoms with Crippen molar-refractivity contribution in [1.29, 1.82) is 0 Å². The van der Waals surface area contributed by atoms with Crippen molar-refractivity contribution in [2.24, 2.45) is 29.4 Å². The molecule has 1 aromatic rings. The summed E-state index contributed by atoms with van der Waals surface area (Å²) in [6, 6.07) is 1.82. The van der Waals surface area contributed by atoms with E-state index in [2.05, 4.69) is 11.8 Å². The summed E-state index contributed by atoms with van der Waals surface area (Å²) < 4.78 is 0. The van der Waals surface area contributed by atoms with Crippen LogP contribution in [0.15, 0.2) is 12.1 Å². The molecule has 9 nitrogen and oxygen atoms in total. The van der Waals surface area contributed by atoms with E-state index in [1.807, 2.05) is 6.92 Å². The van der Waals surface area contributed by atoms with Gasteiger partial charge in [0.25, 0.3) is 0 Å². The van der Waals surface area contributed by atoms with E-state index in [1.165, 1.54) is 11.0 Å². The minimum absolute atomic E-state index is 0.0141. The van der Waals surface area contributed by atoms with Crippen LogP contribution in [0, 0.1) is 35.5 Å². The van der Waals surface area contributed by atoms with E-state index < -0.39 is 64.4 Å². The Morgan fingerprint density at radius 3 is 2.47 bits per heavy atom. The molecule has 4 N–H and O–H groups in total. The van der Waals surface area contributed by atoms with E-state index in [9.17, 15) is 34.2 Å². The van der Waals surface area contributed by atoms with Gasteiger partial charge in [0.1, 0.15) is 5.75 Å². The number of ketones is 4. The number of hydrogen-bond donors (Lipinski definition) is 3. The lowest BCUT2D eigenvalue weighted by Crippen LogP contribution is -2.74. The summed E-state index contributed by atoms with van der Waals surface area (Å²) in [5.74, 6) is -4.58. The number of aromatic hydroxyl groups is 1. The number of Topliss-reactive ketones (excluding diaryl/α,β-unsaturated/α-hetero) is 4. The maximum atomic E-state index is 13.7. The number of phenolic OH excluding ortho intramolecular Hbond substituents is 1. The zero-order valence-electron chi connectivity index (χ0n) is 19.1. The van der Waals surface area contributed by atoms with Gasteiger partial charge in [-0.15, -0.1) is 0 Å². The van der Waals surface area contributed by atoms with Gasteiger partial charge in [0.15, 0.2) is 34.7 Å². The highest BCUT2D eigenvalue weighted by Gasteiger charge is 2.69. The van der Waals surface area contributed by atoms with E-state index in [0.717, 1.165) is 0 Å². The van der Waals surface area contributed by atoms with Crippen LogP contribution in [0.4, 0.5) is 0 Å². The molecule has 34 heavy (non-hydrogen) atoms. The molecule has 0 aliphatic heterocycles. The summed E-state index contributed by atoms with van der Waals surface area (Å²) in [5.41, 5.74) is 3.61. The van der Waals surface area contributed by atoms with Crippen LogP contribution in [0.3, 0.4) is 0 Å². The molecule has 178 valence electrons. The number of likely N-dealkylation sites (N-methyl/N-ethyl adjacent to an activating group) is 1. The summed E-state index contributed by atoms with van der Waals surface area (Å²) in [7, 11) is 3.09. The number of nitrogens with two attached hydrogens (primary N) is 1. The van der Waals surface area contributed by atoms with Crippen LogP contribution in [-0.4, -0.2) is 69.9 Å². The number of primary amides is 1. The van der Waals surface area contributed by atoms with Crippen LogP contribution >= 0.6 is 0 Å². The fourth-order valence-electron chi connectivity index (χ4n) is 5.91. The zero-order chi connectivity index (χ0) is 25.1. The maximum Gasteiger partial charge on any atom is 0.235 e. The Balaban J connectivity index is 1.88. The fraction of sp³-hybridized carbons (Fsp3) is 0.480. The Morgan fingerprint density at radius 1 is 1.21 bits per heavy atom. The molecule has 3 aliphatic rings. The molecule has 0 bridgehead atoms. The van der Waals surface area contributed by atoms with E-state index in [1.54, 1.807) is 20.2 Å². The average molecular weight is 466 g/mol. The molecule has 6 atom stereocenters. The summed E-state index contributed by atoms with van der Waals surface area (Å²) in [5, 5.41) is 22.0. The Kier molecular flexibility index (Phi) is 5.70. The molecule has 1 amide bonds. The first-order chi connectivity index (χ1) is 16.0. The number of rotatable bonds is 2. The Labute approximate surface area is 196 Å². The van der Waals surface area contributed by atoms with Crippen LogP contribution in [0.2, 0.25) is 0 Å². The smallest absolute Gasteiger partial charge is 0.235 e. The molecule has 0 saturated heterocycles. The minimum atomic E-state index is -2.72. The van der Waals surface area contributed by atoms with Gasteiger partial charge >= 0.3 is 0 Å². The van der Waals surface area contributed by atoms with Gasteiger partial charge < -0.3 is 15.9 Å². The monoisotopic (exact) mass is 466 g/mol. The molecule has 2 saturated carbocycles. The second-order valence-electron chi connectivity index (χ2n) is 9.43. The van der Waals surface area contributed by atoms with Gasteiger partial charge in [0.2, 0.25) is 5.91 Å². The molecule has 9 heteroatoms. The van der Waals surface area contributed by atoms with Gasteiger partial charge in [-0.25, -0.2) is 0 Å². The number of aliphatic hydroxyl groups is 1. The third-order valence-corrected chi connectivity index (χ3v) is 7.34. The molecule has 3 aliphatic carbocycles. The number of carbonyl (C=O) groups is 5. The second-order valence-corrected chi connectivity index (χ2v) is 9.43. The third-order valence-electron chi connectivity index (χ3n) is 7.34. The number of benzene rings is 1. The normalized spacial score (nSPS) is 32.4. The van der Waals surface area contributed by atoms with Crippen molar-refractivity contribution >= 4 is 29.0 Å². The average Bonchev–Trinajstić information content (AvgIpc) is 2.75. The first-order valence-electron chi connectivity index (χ1n) is 11.1. The largest absolute Gasteiger partial charge is 0.507 e. The molecule has 0 radical (unpaired) electrons. The molecule has 2 fully saturated rings. The first kappa shape index (κ1) is 23.8. The van der Waals surface area contributed by atoms with Crippen LogP contribution in [0.1, 0.15) is 41.3 Å². The van der Waals surface area contributed by atoms with E-state index in [-0.39, 0.29) is 24.2 Å². The van der Waals surface area contributed by atoms with Crippen molar-refractivity contribution in [1.82, 2.24) is 4.90 Å². The Bertz CT molecular complexity index is 1210. The first-order valence-corrected chi connectivity index (χ1v) is 11.1. The predicted molar refractivity (Wildman–Crippen MR) is 119 cm³/mol. The van der Waals surface area contributed by atoms with Gasteiger partial charge in [-0.3, -0.25) is 28.9 Å². The fourth-order valence-corrected chi connectivity index (χ4v) is 5.91. The zero-order valence-corrected chi connectivity index (χ0v) is 19.1. The quantitative estimate of drug-likeness (QED) is 0.394. The molecule has 2 unspecified atom stereocenters. The van der Waals surface area contributed by atoms with E-state index in [4.69, 9.17) is 5.73 Å². The summed E-state index contributed by atoms with van der Waals surface area (Å²) >= 11 is 0. The lowest BCUT2D eigenvalue weighted by Gasteiger charge is -2.52. The standard InChI is InChI=1S/C25H26N2O7/c1-4-5-6-11-7-8-15(28)17-13(11)9-12-10-14-19(27(2)3)21(30)18(24(26)33)23(32)25(14,34)22(31)16(12)20(17)29/h7-8,12,14,16,18-19,28,34H,4,9-10H2,1-3H3,(H2,26,33)/t12-,14+,16?,18?,19-,25+/m1/s1. The summed E-state index contributed by atoms with van der Waals surface area (Å²) in [6.45, 7) is 1.87. The van der Waals surface area contributed by atoms with Crippen LogP contribution in [0.5, 0.6) is 5.75 Å². The van der Waals surface area contributed by atoms with Crippen molar-refractivity contribution in [2.75, 3.05) is 14.1 Å². The molecular weight excluding hydrogens is 440 g/mol. The van der Waals surface area contributed by atoms with Gasteiger partial charge in [-0.2, -0.15) is 0 Å². The van der Waals surface area contributed by atoms with Crippen molar-refractivity contribution in [2.45, 2.75) is 37.8 Å². The topological polar surface area (TPSA) is 155 Å². The number of amides is 1. The van der Waals surface area contributed by atoms with Crippen molar-refractivity contribution < 1.29 is 34.2 Å². The number of nitrogens with zero attached hydrogens (tertiary/aromatic N) is 1. The van der Waals surface area contributed by atoms with Crippen molar-refractivity contribution in [3.05, 3.63) is 28.8 Å². The van der Waals surface area contributed by atoms with Gasteiger partial charge in [0.05, 0.1) is 17.5 Å². The summed E-state index contributed by atoms with van der Waals surface area (Å²) in [6.07, 6.45) is 0.799. The number of hydrogen-bond acceptors (Lipinski definition) is 8. The van der Waals surface area contributed by atoms with E-state index >= 15 is 0 Å². The molecule has 4 rings (SSSR count). The lowest BCUT2D eigenvalue weighted by molar-refractivity contribution is -0.181. The molecule has 1 aromatic carbocycles. The maximum absolute atomic E-state index is 13.7. The number of phenols is 1. The van der Waals surface area contributed by atoms with Gasteiger partial charge in [-0.1, -0.05) is 18.8 Å². The van der Waals surface area contributed by atoms with Gasteiger partial charge in [0, 0.05) is 17.9 Å². The van der Waals surface area contributed by atoms with Crippen molar-refractivity contribution in [3.8, 4) is 17.6 Å². The Morgan fingerprint density at radius 2 is 1.88 bits per heavy atom. The molecule has 0 spiro atoms. The lowest BCUT2D eigenvalue weighted by atomic mass is 9.52. The predicted octanol–water partition coefficient (Wildman–Crippen LogP) is -0.371. The summed E-state index contributed by atoms with van der Waals surface area (Å²) in [4.78, 5) is 66.9.